The van der Waals surface area contributed by atoms with Crippen molar-refractivity contribution in [1.82, 2.24) is 5.43 Å². The van der Waals surface area contributed by atoms with Gasteiger partial charge in [-0.05, 0) is 71.7 Å². The number of hydrogen-bond donors (Lipinski definition) is 2. The van der Waals surface area contributed by atoms with Gasteiger partial charge in [-0.3, -0.25) is 9.59 Å². The Balaban J connectivity index is 1.65. The van der Waals surface area contributed by atoms with Crippen molar-refractivity contribution < 1.29 is 19.1 Å². The zero-order chi connectivity index (χ0) is 23.6. The number of rotatable bonds is 9. The molecule has 2 N–H and O–H groups in total. The molecule has 0 aliphatic heterocycles. The lowest BCUT2D eigenvalue weighted by Gasteiger charge is -2.14. The van der Waals surface area contributed by atoms with Crippen LogP contribution in [0, 0.1) is 6.92 Å². The smallest absolute Gasteiger partial charge is 0.271 e. The molecule has 8 heteroatoms. The Bertz CT molecular complexity index is 1130. The molecule has 0 atom stereocenters. The van der Waals surface area contributed by atoms with E-state index in [1.54, 1.807) is 36.4 Å². The quantitative estimate of drug-likeness (QED) is 0.316. The van der Waals surface area contributed by atoms with E-state index in [0.717, 1.165) is 5.56 Å². The largest absolute Gasteiger partial charge is 0.490 e. The van der Waals surface area contributed by atoms with Crippen molar-refractivity contribution in [3.63, 3.8) is 0 Å². The number of anilines is 1. The van der Waals surface area contributed by atoms with Gasteiger partial charge in [-0.2, -0.15) is 5.10 Å². The second-order valence-electron chi connectivity index (χ2n) is 7.03. The number of aryl methyl sites for hydroxylation is 1. The molecule has 3 rings (SSSR count). The summed E-state index contributed by atoms with van der Waals surface area (Å²) in [6.07, 6.45) is 1.51. The van der Waals surface area contributed by atoms with Crippen molar-refractivity contribution in [2.75, 3.05) is 18.5 Å². The first-order chi connectivity index (χ1) is 16.0. The lowest BCUT2D eigenvalue weighted by atomic mass is 10.1. The van der Waals surface area contributed by atoms with Gasteiger partial charge < -0.3 is 14.8 Å². The number of ether oxygens (including phenoxy) is 2. The van der Waals surface area contributed by atoms with Gasteiger partial charge in [-0.1, -0.05) is 35.9 Å². The summed E-state index contributed by atoms with van der Waals surface area (Å²) in [4.78, 5) is 24.4. The van der Waals surface area contributed by atoms with Crippen molar-refractivity contribution in [2.24, 2.45) is 5.10 Å². The number of hydrazone groups is 1. The van der Waals surface area contributed by atoms with Crippen LogP contribution in [-0.2, 0) is 4.79 Å². The Kier molecular flexibility index (Phi) is 8.60. The number of para-hydroxylation sites is 1. The van der Waals surface area contributed by atoms with Crippen LogP contribution in [0.2, 0.25) is 0 Å². The first kappa shape index (κ1) is 24.0. The predicted molar refractivity (Wildman–Crippen MR) is 132 cm³/mol. The molecule has 3 aromatic carbocycles. The van der Waals surface area contributed by atoms with Crippen LogP contribution >= 0.6 is 15.9 Å². The minimum absolute atomic E-state index is 0.187. The molecule has 170 valence electrons. The lowest BCUT2D eigenvalue weighted by Crippen LogP contribution is -2.20. The van der Waals surface area contributed by atoms with Crippen LogP contribution in [-0.4, -0.2) is 31.2 Å². The van der Waals surface area contributed by atoms with Crippen molar-refractivity contribution >= 4 is 39.6 Å². The van der Waals surface area contributed by atoms with Crippen molar-refractivity contribution in [3.8, 4) is 11.5 Å². The Labute approximate surface area is 200 Å². The summed E-state index contributed by atoms with van der Waals surface area (Å²) in [6, 6.07) is 19.8. The summed E-state index contributed by atoms with van der Waals surface area (Å²) in [6.45, 7) is 4.02. The molecule has 33 heavy (non-hydrogen) atoms. The normalized spacial score (nSPS) is 10.6. The molecule has 0 heterocycles. The first-order valence-electron chi connectivity index (χ1n) is 10.3. The van der Waals surface area contributed by atoms with Crippen LogP contribution in [0.15, 0.2) is 76.3 Å². The molecule has 3 aromatic rings. The summed E-state index contributed by atoms with van der Waals surface area (Å²) in [5.74, 6) is 0.256. The molecule has 0 radical (unpaired) electrons. The molecule has 0 spiro atoms. The van der Waals surface area contributed by atoms with Gasteiger partial charge >= 0.3 is 0 Å². The minimum Gasteiger partial charge on any atom is -0.490 e. The highest BCUT2D eigenvalue weighted by Crippen LogP contribution is 2.36. The van der Waals surface area contributed by atoms with Gasteiger partial charge in [0, 0.05) is 11.3 Å². The minimum atomic E-state index is -0.306. The molecular weight excluding hydrogens is 486 g/mol. The third-order valence-corrected chi connectivity index (χ3v) is 5.02. The van der Waals surface area contributed by atoms with E-state index < -0.39 is 0 Å². The van der Waals surface area contributed by atoms with Crippen LogP contribution in [0.4, 0.5) is 5.69 Å². The highest BCUT2D eigenvalue weighted by Gasteiger charge is 2.14. The molecule has 0 aromatic heterocycles. The molecule has 2 amide bonds. The third-order valence-electron chi connectivity index (χ3n) is 4.43. The number of amides is 2. The van der Waals surface area contributed by atoms with Crippen LogP contribution in [0.3, 0.4) is 0 Å². The van der Waals surface area contributed by atoms with E-state index in [4.69, 9.17) is 9.47 Å². The van der Waals surface area contributed by atoms with Gasteiger partial charge in [0.25, 0.3) is 11.8 Å². The highest BCUT2D eigenvalue weighted by molar-refractivity contribution is 9.10. The van der Waals surface area contributed by atoms with Crippen LogP contribution in [0.25, 0.3) is 0 Å². The number of hydrogen-bond acceptors (Lipinski definition) is 5. The summed E-state index contributed by atoms with van der Waals surface area (Å²) in [5.41, 5.74) is 5.46. The second-order valence-corrected chi connectivity index (χ2v) is 7.89. The third kappa shape index (κ3) is 7.18. The zero-order valence-electron chi connectivity index (χ0n) is 18.3. The van der Waals surface area contributed by atoms with Gasteiger partial charge in [0.2, 0.25) is 0 Å². The van der Waals surface area contributed by atoms with E-state index >= 15 is 0 Å². The number of nitrogens with one attached hydrogen (secondary N) is 2. The average Bonchev–Trinajstić information content (AvgIpc) is 2.80. The molecule has 0 fully saturated rings. The van der Waals surface area contributed by atoms with Gasteiger partial charge in [-0.25, -0.2) is 5.43 Å². The predicted octanol–water partition coefficient (Wildman–Crippen LogP) is 4.94. The molecule has 0 aliphatic rings. The summed E-state index contributed by atoms with van der Waals surface area (Å²) in [5, 5.41) is 6.80. The second kappa shape index (κ2) is 11.8. The fraction of sp³-hybridized carbons (Fsp3) is 0.160. The molecule has 7 nitrogen and oxygen atoms in total. The Morgan fingerprint density at radius 2 is 1.76 bits per heavy atom. The van der Waals surface area contributed by atoms with Gasteiger partial charge in [0.15, 0.2) is 18.1 Å². The summed E-state index contributed by atoms with van der Waals surface area (Å²) in [7, 11) is 0. The maximum Gasteiger partial charge on any atom is 0.271 e. The van der Waals surface area contributed by atoms with Gasteiger partial charge in [0.1, 0.15) is 0 Å². The highest BCUT2D eigenvalue weighted by atomic mass is 79.9. The standard InChI is InChI=1S/C25H24BrN3O4/c1-3-32-22-14-18(15-27-29-25(31)19-11-9-17(2)10-12-19)13-21(26)24(22)33-16-23(30)28-20-7-5-4-6-8-20/h4-15H,3,16H2,1-2H3,(H,28,30)(H,29,31)/b27-15+. The van der Waals surface area contributed by atoms with E-state index in [1.807, 2.05) is 44.2 Å². The van der Waals surface area contributed by atoms with Crippen LogP contribution < -0.4 is 20.2 Å². The Morgan fingerprint density at radius 3 is 2.45 bits per heavy atom. The van der Waals surface area contributed by atoms with E-state index in [1.165, 1.54) is 6.21 Å². The van der Waals surface area contributed by atoms with Crippen molar-refractivity contribution in [1.29, 1.82) is 0 Å². The lowest BCUT2D eigenvalue weighted by molar-refractivity contribution is -0.118. The number of benzene rings is 3. The topological polar surface area (TPSA) is 89.0 Å². The Hall–Kier alpha value is -3.65. The molecule has 0 aliphatic carbocycles. The maximum absolute atomic E-state index is 12.2. The summed E-state index contributed by atoms with van der Waals surface area (Å²) >= 11 is 3.46. The molecule has 0 saturated heterocycles. The van der Waals surface area contributed by atoms with Crippen LogP contribution in [0.5, 0.6) is 11.5 Å². The first-order valence-corrected chi connectivity index (χ1v) is 11.1. The number of carbonyl (C=O) groups excluding carboxylic acids is 2. The maximum atomic E-state index is 12.2. The van der Waals surface area contributed by atoms with Gasteiger partial charge in [-0.15, -0.1) is 0 Å². The zero-order valence-corrected chi connectivity index (χ0v) is 19.9. The molecule has 0 saturated carbocycles. The van der Waals surface area contributed by atoms with E-state index in [-0.39, 0.29) is 18.4 Å². The summed E-state index contributed by atoms with van der Waals surface area (Å²) < 4.78 is 12.0. The molecular formula is C25H24BrN3O4. The van der Waals surface area contributed by atoms with E-state index in [9.17, 15) is 9.59 Å². The number of nitrogens with zero attached hydrogens (tertiary/aromatic N) is 1. The molecule has 0 bridgehead atoms. The monoisotopic (exact) mass is 509 g/mol. The fourth-order valence-corrected chi connectivity index (χ4v) is 3.43. The number of halogens is 1. The van der Waals surface area contributed by atoms with E-state index in [0.29, 0.717) is 39.4 Å². The average molecular weight is 510 g/mol. The fourth-order valence-electron chi connectivity index (χ4n) is 2.86. The Morgan fingerprint density at radius 1 is 1.03 bits per heavy atom. The van der Waals surface area contributed by atoms with Crippen molar-refractivity contribution in [3.05, 3.63) is 87.9 Å². The molecule has 0 unspecified atom stereocenters. The number of carbonyl (C=O) groups is 2. The van der Waals surface area contributed by atoms with Crippen molar-refractivity contribution in [2.45, 2.75) is 13.8 Å². The van der Waals surface area contributed by atoms with Crippen LogP contribution in [0.1, 0.15) is 28.4 Å². The SMILES string of the molecule is CCOc1cc(/C=N/NC(=O)c2ccc(C)cc2)cc(Br)c1OCC(=O)Nc1ccccc1. The van der Waals surface area contributed by atoms with E-state index in [2.05, 4.69) is 31.8 Å². The van der Waals surface area contributed by atoms with Gasteiger partial charge in [0.05, 0.1) is 17.3 Å².